The van der Waals surface area contributed by atoms with Gasteiger partial charge in [-0.3, -0.25) is 4.79 Å². The van der Waals surface area contributed by atoms with Crippen molar-refractivity contribution in [3.05, 3.63) is 44.7 Å². The average molecular weight is 368 g/mol. The molecule has 1 aromatic carbocycles. The highest BCUT2D eigenvalue weighted by atomic mass is 35.5. The summed E-state index contributed by atoms with van der Waals surface area (Å²) in [5.74, 6) is 0.630. The van der Waals surface area contributed by atoms with Gasteiger partial charge in [-0.05, 0) is 31.9 Å². The molecule has 1 aromatic heterocycles. The van der Waals surface area contributed by atoms with E-state index in [0.29, 0.717) is 16.5 Å². The summed E-state index contributed by atoms with van der Waals surface area (Å²) in [7, 11) is 0. The van der Waals surface area contributed by atoms with Gasteiger partial charge in [0.25, 0.3) is 5.56 Å². The maximum atomic E-state index is 12.6. The third kappa shape index (κ3) is 3.22. The van der Waals surface area contributed by atoms with Crippen molar-refractivity contribution in [1.29, 1.82) is 0 Å². The quantitative estimate of drug-likeness (QED) is 0.850. The van der Waals surface area contributed by atoms with Crippen LogP contribution in [0.25, 0.3) is 5.69 Å². The van der Waals surface area contributed by atoms with Crippen molar-refractivity contribution in [2.75, 3.05) is 23.7 Å². The van der Waals surface area contributed by atoms with Crippen LogP contribution >= 0.6 is 23.2 Å². The molecule has 0 unspecified atom stereocenters. The van der Waals surface area contributed by atoms with Crippen LogP contribution in [0.1, 0.15) is 19.8 Å². The van der Waals surface area contributed by atoms with E-state index in [9.17, 15) is 4.79 Å². The number of anilines is 2. The first-order valence-electron chi connectivity index (χ1n) is 7.66. The van der Waals surface area contributed by atoms with Gasteiger partial charge in [-0.2, -0.15) is 4.98 Å². The summed E-state index contributed by atoms with van der Waals surface area (Å²) in [6, 6.07) is 6.49. The topological polar surface area (TPSA) is 90.2 Å². The second kappa shape index (κ2) is 6.27. The Labute approximate surface area is 150 Å². The van der Waals surface area contributed by atoms with Gasteiger partial charge in [-0.25, -0.2) is 4.57 Å². The Morgan fingerprint density at radius 1 is 1.25 bits per heavy atom. The Hall–Kier alpha value is -1.76. The van der Waals surface area contributed by atoms with Gasteiger partial charge in [0.2, 0.25) is 5.95 Å². The highest BCUT2D eigenvalue weighted by Gasteiger charge is 2.27. The van der Waals surface area contributed by atoms with Gasteiger partial charge in [0.1, 0.15) is 5.82 Å². The second-order valence-corrected chi connectivity index (χ2v) is 7.15. The Morgan fingerprint density at radius 3 is 2.54 bits per heavy atom. The third-order valence-corrected chi connectivity index (χ3v) is 5.14. The molecule has 0 saturated carbocycles. The lowest BCUT2D eigenvalue weighted by molar-refractivity contribution is 0.363. The predicted molar refractivity (Wildman–Crippen MR) is 98.3 cm³/mol. The third-order valence-electron chi connectivity index (χ3n) is 4.33. The van der Waals surface area contributed by atoms with E-state index in [-0.39, 0.29) is 22.1 Å². The number of nitrogens with two attached hydrogens (primary N) is 2. The summed E-state index contributed by atoms with van der Waals surface area (Å²) in [5.41, 5.74) is 12.1. The Morgan fingerprint density at radius 2 is 1.92 bits per heavy atom. The SMILES string of the molecule is CC1(N)CCN(c2cc(=O)n(-c3cccc(Cl)c3Cl)c(N)n2)CC1. The smallest absolute Gasteiger partial charge is 0.261 e. The number of nitrogen functional groups attached to an aromatic ring is 1. The monoisotopic (exact) mass is 367 g/mol. The highest BCUT2D eigenvalue weighted by molar-refractivity contribution is 6.43. The minimum atomic E-state index is -0.303. The molecule has 0 amide bonds. The molecule has 2 aromatic rings. The molecule has 0 aliphatic carbocycles. The number of nitrogens with zero attached hydrogens (tertiary/aromatic N) is 3. The van der Waals surface area contributed by atoms with E-state index < -0.39 is 0 Å². The van der Waals surface area contributed by atoms with Crippen molar-refractivity contribution >= 4 is 35.0 Å². The summed E-state index contributed by atoms with van der Waals surface area (Å²) in [6.45, 7) is 3.51. The predicted octanol–water partition coefficient (Wildman–Crippen LogP) is 2.44. The van der Waals surface area contributed by atoms with Crippen LogP contribution < -0.4 is 21.9 Å². The molecule has 3 rings (SSSR count). The second-order valence-electron chi connectivity index (χ2n) is 6.36. The lowest BCUT2D eigenvalue weighted by atomic mass is 9.91. The van der Waals surface area contributed by atoms with Gasteiger partial charge in [-0.1, -0.05) is 29.3 Å². The van der Waals surface area contributed by atoms with Crippen molar-refractivity contribution in [3.8, 4) is 5.69 Å². The molecule has 0 spiro atoms. The Balaban J connectivity index is 1.98. The van der Waals surface area contributed by atoms with E-state index in [1.807, 2.05) is 11.8 Å². The zero-order chi connectivity index (χ0) is 17.5. The molecule has 1 saturated heterocycles. The molecule has 128 valence electrons. The molecular weight excluding hydrogens is 349 g/mol. The Bertz CT molecular complexity index is 824. The van der Waals surface area contributed by atoms with Gasteiger partial charge in [0.05, 0.1) is 15.7 Å². The molecule has 6 nitrogen and oxygen atoms in total. The van der Waals surface area contributed by atoms with Crippen LogP contribution in [0, 0.1) is 0 Å². The standard InChI is InChI=1S/C16H19Cl2N5O/c1-16(20)5-7-22(8-6-16)12-9-13(24)23(15(19)21-12)11-4-2-3-10(17)14(11)18/h2-4,9H,5-8,20H2,1H3,(H2,19,21). The molecular formula is C16H19Cl2N5O. The van der Waals surface area contributed by atoms with Crippen molar-refractivity contribution < 1.29 is 0 Å². The summed E-state index contributed by atoms with van der Waals surface area (Å²) in [6.07, 6.45) is 1.66. The molecule has 1 fully saturated rings. The lowest BCUT2D eigenvalue weighted by Gasteiger charge is -2.37. The maximum Gasteiger partial charge on any atom is 0.261 e. The van der Waals surface area contributed by atoms with E-state index in [1.54, 1.807) is 18.2 Å². The van der Waals surface area contributed by atoms with Gasteiger partial charge in [0.15, 0.2) is 0 Å². The summed E-state index contributed by atoms with van der Waals surface area (Å²) >= 11 is 12.2. The van der Waals surface area contributed by atoms with Gasteiger partial charge in [0, 0.05) is 24.7 Å². The molecule has 1 aliphatic heterocycles. The number of hydrogen-bond donors (Lipinski definition) is 2. The van der Waals surface area contributed by atoms with Crippen molar-refractivity contribution in [1.82, 2.24) is 9.55 Å². The average Bonchev–Trinajstić information content (AvgIpc) is 2.50. The molecule has 0 bridgehead atoms. The fourth-order valence-electron chi connectivity index (χ4n) is 2.80. The molecule has 4 N–H and O–H groups in total. The number of aromatic nitrogens is 2. The minimum Gasteiger partial charge on any atom is -0.369 e. The van der Waals surface area contributed by atoms with Crippen LogP contribution in [-0.4, -0.2) is 28.2 Å². The van der Waals surface area contributed by atoms with Gasteiger partial charge >= 0.3 is 0 Å². The fraction of sp³-hybridized carbons (Fsp3) is 0.375. The first-order chi connectivity index (χ1) is 11.3. The molecule has 0 radical (unpaired) electrons. The summed E-state index contributed by atoms with van der Waals surface area (Å²) < 4.78 is 1.26. The van der Waals surface area contributed by atoms with Crippen LogP contribution in [0.5, 0.6) is 0 Å². The summed E-state index contributed by atoms with van der Waals surface area (Å²) in [4.78, 5) is 19.0. The highest BCUT2D eigenvalue weighted by Crippen LogP contribution is 2.29. The first-order valence-corrected chi connectivity index (χ1v) is 8.42. The number of rotatable bonds is 2. The molecule has 2 heterocycles. The normalized spacial score (nSPS) is 17.1. The molecule has 1 aliphatic rings. The van der Waals surface area contributed by atoms with Gasteiger partial charge in [-0.15, -0.1) is 0 Å². The number of halogens is 2. The fourth-order valence-corrected chi connectivity index (χ4v) is 3.18. The molecule has 0 atom stereocenters. The van der Waals surface area contributed by atoms with Crippen LogP contribution in [0.3, 0.4) is 0 Å². The van der Waals surface area contributed by atoms with Crippen molar-refractivity contribution in [3.63, 3.8) is 0 Å². The van der Waals surface area contributed by atoms with Crippen molar-refractivity contribution in [2.24, 2.45) is 5.73 Å². The summed E-state index contributed by atoms with van der Waals surface area (Å²) in [5, 5.41) is 0.613. The van der Waals surface area contributed by atoms with Gasteiger partial charge < -0.3 is 16.4 Å². The van der Waals surface area contributed by atoms with Crippen LogP contribution in [0.4, 0.5) is 11.8 Å². The van der Waals surface area contributed by atoms with Crippen LogP contribution in [0.15, 0.2) is 29.1 Å². The van der Waals surface area contributed by atoms with Crippen LogP contribution in [-0.2, 0) is 0 Å². The number of hydrogen-bond acceptors (Lipinski definition) is 5. The van der Waals surface area contributed by atoms with Crippen molar-refractivity contribution in [2.45, 2.75) is 25.3 Å². The maximum absolute atomic E-state index is 12.6. The van der Waals surface area contributed by atoms with Crippen LogP contribution in [0.2, 0.25) is 10.0 Å². The van der Waals surface area contributed by atoms with E-state index in [2.05, 4.69) is 4.98 Å². The largest absolute Gasteiger partial charge is 0.369 e. The number of benzene rings is 1. The minimum absolute atomic E-state index is 0.0720. The Kier molecular flexibility index (Phi) is 4.46. The molecule has 24 heavy (non-hydrogen) atoms. The first kappa shape index (κ1) is 17.1. The van der Waals surface area contributed by atoms with E-state index in [0.717, 1.165) is 25.9 Å². The van der Waals surface area contributed by atoms with E-state index in [4.69, 9.17) is 34.7 Å². The lowest BCUT2D eigenvalue weighted by Crippen LogP contribution is -2.48. The number of piperidine rings is 1. The van der Waals surface area contributed by atoms with E-state index in [1.165, 1.54) is 10.6 Å². The zero-order valence-electron chi connectivity index (χ0n) is 13.3. The molecule has 8 heteroatoms. The zero-order valence-corrected chi connectivity index (χ0v) is 14.8. The van der Waals surface area contributed by atoms with E-state index >= 15 is 0 Å².